The van der Waals surface area contributed by atoms with Gasteiger partial charge >= 0.3 is 5.97 Å². The minimum Gasteiger partial charge on any atom is -0.480 e. The molecular weight excluding hydrogens is 368 g/mol. The molecule has 6 nitrogen and oxygen atoms in total. The number of benzene rings is 2. The van der Waals surface area contributed by atoms with Crippen LogP contribution in [0.4, 0.5) is 5.69 Å². The van der Waals surface area contributed by atoms with Crippen molar-refractivity contribution in [2.75, 3.05) is 5.32 Å². The van der Waals surface area contributed by atoms with E-state index in [4.69, 9.17) is 16.7 Å². The normalized spacial score (nSPS) is 12.7. The van der Waals surface area contributed by atoms with Crippen LogP contribution in [0, 0.1) is 5.92 Å². The van der Waals surface area contributed by atoms with Crippen LogP contribution in [0.15, 0.2) is 48.5 Å². The lowest BCUT2D eigenvalue weighted by Gasteiger charge is -2.13. The first-order valence-electron chi connectivity index (χ1n) is 8.45. The van der Waals surface area contributed by atoms with Crippen LogP contribution in [0.2, 0.25) is 5.02 Å². The summed E-state index contributed by atoms with van der Waals surface area (Å²) >= 11 is 5.96. The van der Waals surface area contributed by atoms with Gasteiger partial charge in [0.15, 0.2) is 0 Å². The average Bonchev–Trinajstić information content (AvgIpc) is 2.62. The van der Waals surface area contributed by atoms with Crippen LogP contribution in [0.3, 0.4) is 0 Å². The predicted molar refractivity (Wildman–Crippen MR) is 104 cm³/mol. The van der Waals surface area contributed by atoms with Crippen molar-refractivity contribution in [2.24, 2.45) is 5.92 Å². The van der Waals surface area contributed by atoms with Crippen LogP contribution in [0.25, 0.3) is 0 Å². The van der Waals surface area contributed by atoms with Gasteiger partial charge in [0.05, 0.1) is 0 Å². The number of carboxylic acid groups (broad SMARTS) is 1. The zero-order chi connectivity index (χ0) is 20.0. The first-order valence-corrected chi connectivity index (χ1v) is 8.83. The molecule has 3 N–H and O–H groups in total. The number of amides is 2. The molecule has 0 aliphatic rings. The standard InChI is InChI=1S/C20H21ClN2O4/c1-12(10-14-4-3-5-16(21)11-14)18(24)23-17-8-6-15(7-9-17)19(25)22-13(2)20(26)27/h3-9,11-13H,10H2,1-2H3,(H,22,25)(H,23,24)(H,26,27). The Morgan fingerprint density at radius 2 is 1.74 bits per heavy atom. The Hall–Kier alpha value is -2.86. The number of hydrogen-bond acceptors (Lipinski definition) is 3. The van der Waals surface area contributed by atoms with Crippen molar-refractivity contribution < 1.29 is 19.5 Å². The van der Waals surface area contributed by atoms with Crippen LogP contribution in [0.5, 0.6) is 0 Å². The quantitative estimate of drug-likeness (QED) is 0.677. The van der Waals surface area contributed by atoms with E-state index in [0.29, 0.717) is 22.7 Å². The van der Waals surface area contributed by atoms with Crippen LogP contribution in [-0.4, -0.2) is 28.9 Å². The summed E-state index contributed by atoms with van der Waals surface area (Å²) < 4.78 is 0. The van der Waals surface area contributed by atoms with Crippen LogP contribution < -0.4 is 10.6 Å². The van der Waals surface area contributed by atoms with Crippen molar-refractivity contribution in [3.8, 4) is 0 Å². The molecule has 2 aromatic rings. The lowest BCUT2D eigenvalue weighted by Crippen LogP contribution is -2.38. The fourth-order valence-electron chi connectivity index (χ4n) is 2.42. The lowest BCUT2D eigenvalue weighted by atomic mass is 10.0. The highest BCUT2D eigenvalue weighted by atomic mass is 35.5. The molecule has 0 heterocycles. The summed E-state index contributed by atoms with van der Waals surface area (Å²) in [5.74, 6) is -2.01. The predicted octanol–water partition coefficient (Wildman–Crippen LogP) is 3.36. The third kappa shape index (κ3) is 6.11. The zero-order valence-corrected chi connectivity index (χ0v) is 15.8. The van der Waals surface area contributed by atoms with Gasteiger partial charge in [0.2, 0.25) is 5.91 Å². The van der Waals surface area contributed by atoms with Gasteiger partial charge in [-0.05, 0) is 55.3 Å². The molecule has 0 saturated heterocycles. The van der Waals surface area contributed by atoms with Crippen molar-refractivity contribution in [2.45, 2.75) is 26.3 Å². The van der Waals surface area contributed by atoms with Crippen LogP contribution in [0.1, 0.15) is 29.8 Å². The van der Waals surface area contributed by atoms with Gasteiger partial charge in [-0.1, -0.05) is 30.7 Å². The largest absolute Gasteiger partial charge is 0.480 e. The van der Waals surface area contributed by atoms with Crippen molar-refractivity contribution in [3.63, 3.8) is 0 Å². The van der Waals surface area contributed by atoms with E-state index in [-0.39, 0.29) is 11.8 Å². The first-order chi connectivity index (χ1) is 12.8. The molecule has 2 amide bonds. The summed E-state index contributed by atoms with van der Waals surface area (Å²) in [6.07, 6.45) is 0.556. The highest BCUT2D eigenvalue weighted by Gasteiger charge is 2.16. The summed E-state index contributed by atoms with van der Waals surface area (Å²) in [4.78, 5) is 35.1. The van der Waals surface area contributed by atoms with E-state index in [0.717, 1.165) is 5.56 Å². The second-order valence-electron chi connectivity index (χ2n) is 6.34. The Morgan fingerprint density at radius 1 is 1.07 bits per heavy atom. The van der Waals surface area contributed by atoms with Crippen molar-refractivity contribution >= 4 is 35.1 Å². The minimum atomic E-state index is -1.11. The van der Waals surface area contributed by atoms with E-state index in [1.54, 1.807) is 18.2 Å². The zero-order valence-electron chi connectivity index (χ0n) is 15.0. The molecule has 27 heavy (non-hydrogen) atoms. The van der Waals surface area contributed by atoms with E-state index in [1.165, 1.54) is 19.1 Å². The molecule has 0 aliphatic heterocycles. The highest BCUT2D eigenvalue weighted by Crippen LogP contribution is 2.16. The number of carbonyl (C=O) groups is 3. The number of nitrogens with one attached hydrogen (secondary N) is 2. The number of hydrogen-bond donors (Lipinski definition) is 3. The maximum atomic E-state index is 12.4. The average molecular weight is 389 g/mol. The van der Waals surface area contributed by atoms with Crippen LogP contribution in [-0.2, 0) is 16.0 Å². The molecule has 2 aromatic carbocycles. The molecule has 0 aromatic heterocycles. The first kappa shape index (κ1) is 20.5. The summed E-state index contributed by atoms with van der Waals surface area (Å²) in [7, 11) is 0. The molecule has 2 unspecified atom stereocenters. The van der Waals surface area contributed by atoms with Gasteiger partial charge in [-0.2, -0.15) is 0 Å². The minimum absolute atomic E-state index is 0.147. The van der Waals surface area contributed by atoms with Gasteiger partial charge < -0.3 is 15.7 Å². The van der Waals surface area contributed by atoms with E-state index >= 15 is 0 Å². The number of aliphatic carboxylic acids is 1. The van der Waals surface area contributed by atoms with E-state index < -0.39 is 17.9 Å². The molecule has 0 saturated carbocycles. The fourth-order valence-corrected chi connectivity index (χ4v) is 2.64. The smallest absolute Gasteiger partial charge is 0.325 e. The SMILES string of the molecule is CC(Cc1cccc(Cl)c1)C(=O)Nc1ccc(C(=O)NC(C)C(=O)O)cc1. The van der Waals surface area contributed by atoms with Gasteiger partial charge in [-0.3, -0.25) is 14.4 Å². The van der Waals surface area contributed by atoms with E-state index in [9.17, 15) is 14.4 Å². The van der Waals surface area contributed by atoms with Gasteiger partial charge in [0.1, 0.15) is 6.04 Å². The van der Waals surface area contributed by atoms with Gasteiger partial charge in [0.25, 0.3) is 5.91 Å². The molecule has 0 bridgehead atoms. The maximum Gasteiger partial charge on any atom is 0.325 e. The van der Waals surface area contributed by atoms with Crippen LogP contribution >= 0.6 is 11.6 Å². The lowest BCUT2D eigenvalue weighted by molar-refractivity contribution is -0.138. The number of halogens is 1. The molecule has 142 valence electrons. The Morgan fingerprint density at radius 3 is 2.33 bits per heavy atom. The summed E-state index contributed by atoms with van der Waals surface area (Å²) in [6.45, 7) is 3.21. The molecule has 2 atom stereocenters. The van der Waals surface area contributed by atoms with E-state index in [1.807, 2.05) is 25.1 Å². The molecule has 0 spiro atoms. The third-order valence-electron chi connectivity index (χ3n) is 4.01. The Labute approximate surface area is 162 Å². The Kier molecular flexibility index (Phi) is 6.96. The van der Waals surface area contributed by atoms with Crippen molar-refractivity contribution in [3.05, 3.63) is 64.7 Å². The third-order valence-corrected chi connectivity index (χ3v) is 4.25. The molecule has 0 radical (unpaired) electrons. The summed E-state index contributed by atoms with van der Waals surface area (Å²) in [5, 5.41) is 14.6. The van der Waals surface area contributed by atoms with Gasteiger partial charge in [0, 0.05) is 22.2 Å². The Balaban J connectivity index is 1.94. The number of anilines is 1. The van der Waals surface area contributed by atoms with Crippen molar-refractivity contribution in [1.29, 1.82) is 0 Å². The molecule has 0 fully saturated rings. The van der Waals surface area contributed by atoms with Gasteiger partial charge in [-0.15, -0.1) is 0 Å². The topological polar surface area (TPSA) is 95.5 Å². The molecule has 0 aliphatic carbocycles. The van der Waals surface area contributed by atoms with Crippen molar-refractivity contribution in [1.82, 2.24) is 5.32 Å². The highest BCUT2D eigenvalue weighted by molar-refractivity contribution is 6.30. The molecule has 2 rings (SSSR count). The second-order valence-corrected chi connectivity index (χ2v) is 6.77. The number of carbonyl (C=O) groups excluding carboxylic acids is 2. The number of rotatable bonds is 7. The molecular formula is C20H21ClN2O4. The number of carboxylic acids is 1. The summed E-state index contributed by atoms with van der Waals surface area (Å²) in [5.41, 5.74) is 1.85. The maximum absolute atomic E-state index is 12.4. The second kappa shape index (κ2) is 9.19. The van der Waals surface area contributed by atoms with Gasteiger partial charge in [-0.25, -0.2) is 0 Å². The monoisotopic (exact) mass is 388 g/mol. The fraction of sp³-hybridized carbons (Fsp3) is 0.250. The Bertz CT molecular complexity index is 836. The van der Waals surface area contributed by atoms with E-state index in [2.05, 4.69) is 10.6 Å². The summed E-state index contributed by atoms with van der Waals surface area (Å²) in [6, 6.07) is 12.7. The molecule has 7 heteroatoms.